The van der Waals surface area contributed by atoms with Gasteiger partial charge in [-0.25, -0.2) is 9.97 Å². The number of fused-ring (bicyclic) bond motifs is 1. The number of hydrogen-bond donors (Lipinski definition) is 1. The predicted octanol–water partition coefficient (Wildman–Crippen LogP) is 3.82. The summed E-state index contributed by atoms with van der Waals surface area (Å²) in [6.45, 7) is 2.14. The molecule has 7 nitrogen and oxygen atoms in total. The number of pyridine rings is 1. The zero-order valence-electron chi connectivity index (χ0n) is 15.4. The molecule has 28 heavy (non-hydrogen) atoms. The van der Waals surface area contributed by atoms with E-state index in [-0.39, 0.29) is 23.7 Å². The number of alkyl halides is 2. The van der Waals surface area contributed by atoms with Crippen LogP contribution in [0.5, 0.6) is 5.88 Å². The van der Waals surface area contributed by atoms with Crippen LogP contribution in [-0.4, -0.2) is 31.5 Å². The van der Waals surface area contributed by atoms with Gasteiger partial charge < -0.3 is 14.6 Å². The maximum absolute atomic E-state index is 14.0. The summed E-state index contributed by atoms with van der Waals surface area (Å²) < 4.78 is 35.3. The van der Waals surface area contributed by atoms with Crippen molar-refractivity contribution in [2.45, 2.75) is 45.1 Å². The number of carbonyl (C=O) groups is 1. The summed E-state index contributed by atoms with van der Waals surface area (Å²) >= 11 is 0. The minimum Gasteiger partial charge on any atom is -0.474 e. The van der Waals surface area contributed by atoms with E-state index in [1.165, 1.54) is 6.92 Å². The summed E-state index contributed by atoms with van der Waals surface area (Å²) in [5, 5.41) is 3.39. The van der Waals surface area contributed by atoms with Gasteiger partial charge in [0.25, 0.3) is 0 Å². The summed E-state index contributed by atoms with van der Waals surface area (Å²) in [5.41, 5.74) is 0.664. The smallest absolute Gasteiger partial charge is 0.304 e. The second-order valence-electron chi connectivity index (χ2n) is 6.94. The third kappa shape index (κ3) is 3.64. The fraction of sp³-hybridized carbons (Fsp3) is 0.368. The second kappa shape index (κ2) is 6.81. The predicted molar refractivity (Wildman–Crippen MR) is 98.8 cm³/mol. The Morgan fingerprint density at radius 3 is 2.75 bits per heavy atom. The van der Waals surface area contributed by atoms with Crippen molar-refractivity contribution in [2.75, 3.05) is 5.32 Å². The van der Waals surface area contributed by atoms with Crippen molar-refractivity contribution in [3.63, 3.8) is 0 Å². The van der Waals surface area contributed by atoms with Gasteiger partial charge in [0.1, 0.15) is 17.7 Å². The van der Waals surface area contributed by atoms with E-state index in [9.17, 15) is 13.6 Å². The van der Waals surface area contributed by atoms with Crippen molar-refractivity contribution >= 4 is 22.6 Å². The monoisotopic (exact) mass is 387 g/mol. The van der Waals surface area contributed by atoms with Crippen LogP contribution in [0.3, 0.4) is 0 Å². The summed E-state index contributed by atoms with van der Waals surface area (Å²) in [4.78, 5) is 23.4. The summed E-state index contributed by atoms with van der Waals surface area (Å²) in [6, 6.07) is 5.00. The summed E-state index contributed by atoms with van der Waals surface area (Å²) in [6.07, 6.45) is 6.12. The Morgan fingerprint density at radius 2 is 2.11 bits per heavy atom. The molecule has 0 unspecified atom stereocenters. The standard InChI is InChI=1S/C19H19F2N5O2/c1-11(27)23-15-8-14-12(10-22-15)6-7-26(14)16-9-17(28-13-4-3-5-13)25-18(24-16)19(2,20)21/h6-10,13H,3-5H2,1-2H3,(H,22,23,27). The molecule has 0 aromatic carbocycles. The average molecular weight is 387 g/mol. The van der Waals surface area contributed by atoms with E-state index in [0.717, 1.165) is 31.6 Å². The second-order valence-corrected chi connectivity index (χ2v) is 6.94. The molecule has 3 heterocycles. The Balaban J connectivity index is 1.80. The molecule has 1 amide bonds. The Bertz CT molecular complexity index is 1040. The topological polar surface area (TPSA) is 81.9 Å². The lowest BCUT2D eigenvalue weighted by Crippen LogP contribution is -2.26. The van der Waals surface area contributed by atoms with Crippen molar-refractivity contribution < 1.29 is 18.3 Å². The van der Waals surface area contributed by atoms with Crippen molar-refractivity contribution in [3.05, 3.63) is 36.4 Å². The molecule has 0 bridgehead atoms. The van der Waals surface area contributed by atoms with E-state index in [2.05, 4.69) is 20.3 Å². The van der Waals surface area contributed by atoms with Crippen LogP contribution < -0.4 is 10.1 Å². The van der Waals surface area contributed by atoms with Crippen LogP contribution in [0.1, 0.15) is 38.9 Å². The Kier molecular flexibility index (Phi) is 4.44. The van der Waals surface area contributed by atoms with Crippen LogP contribution in [0.4, 0.5) is 14.6 Å². The normalized spacial score (nSPS) is 14.7. The minimum atomic E-state index is -3.21. The molecule has 4 rings (SSSR count). The number of carbonyl (C=O) groups excluding carboxylic acids is 1. The molecule has 0 saturated heterocycles. The van der Waals surface area contributed by atoms with Gasteiger partial charge in [0, 0.05) is 43.8 Å². The van der Waals surface area contributed by atoms with Gasteiger partial charge in [-0.15, -0.1) is 0 Å². The van der Waals surface area contributed by atoms with Gasteiger partial charge in [0.15, 0.2) is 0 Å². The first-order valence-corrected chi connectivity index (χ1v) is 8.99. The van der Waals surface area contributed by atoms with Gasteiger partial charge >= 0.3 is 5.92 Å². The van der Waals surface area contributed by atoms with Gasteiger partial charge in [0.05, 0.1) is 5.52 Å². The summed E-state index contributed by atoms with van der Waals surface area (Å²) in [5.74, 6) is -3.31. The van der Waals surface area contributed by atoms with Crippen molar-refractivity contribution in [2.24, 2.45) is 0 Å². The number of nitrogens with zero attached hydrogens (tertiary/aromatic N) is 4. The van der Waals surface area contributed by atoms with E-state index in [1.54, 1.807) is 35.2 Å². The maximum Gasteiger partial charge on any atom is 0.304 e. The third-order valence-corrected chi connectivity index (χ3v) is 4.55. The highest BCUT2D eigenvalue weighted by Crippen LogP contribution is 2.30. The van der Waals surface area contributed by atoms with Crippen molar-refractivity contribution in [1.82, 2.24) is 19.5 Å². The molecule has 1 aliphatic carbocycles. The van der Waals surface area contributed by atoms with Gasteiger partial charge in [0.2, 0.25) is 17.6 Å². The molecule has 1 saturated carbocycles. The highest BCUT2D eigenvalue weighted by atomic mass is 19.3. The fourth-order valence-corrected chi connectivity index (χ4v) is 2.93. The van der Waals surface area contributed by atoms with Crippen LogP contribution in [0.25, 0.3) is 16.7 Å². The summed E-state index contributed by atoms with van der Waals surface area (Å²) in [7, 11) is 0. The lowest BCUT2D eigenvalue weighted by atomic mass is 9.96. The van der Waals surface area contributed by atoms with Gasteiger partial charge in [-0.1, -0.05) is 0 Å². The number of amides is 1. The highest BCUT2D eigenvalue weighted by molar-refractivity contribution is 5.91. The average Bonchev–Trinajstić information content (AvgIpc) is 3.00. The Hall–Kier alpha value is -3.10. The molecule has 0 spiro atoms. The van der Waals surface area contributed by atoms with Gasteiger partial charge in [-0.05, 0) is 25.3 Å². The molecule has 146 valence electrons. The van der Waals surface area contributed by atoms with Gasteiger partial charge in [-0.3, -0.25) is 4.79 Å². The van der Waals surface area contributed by atoms with Crippen molar-refractivity contribution in [1.29, 1.82) is 0 Å². The largest absolute Gasteiger partial charge is 0.474 e. The zero-order valence-corrected chi connectivity index (χ0v) is 15.4. The number of aromatic nitrogens is 4. The molecule has 3 aromatic heterocycles. The SMILES string of the molecule is CC(=O)Nc1cc2c(ccn2-c2cc(OC3CCC3)nc(C(C)(F)F)n2)cn1. The molecule has 0 atom stereocenters. The lowest BCUT2D eigenvalue weighted by Gasteiger charge is -2.26. The van der Waals surface area contributed by atoms with E-state index in [4.69, 9.17) is 4.74 Å². The van der Waals surface area contributed by atoms with E-state index < -0.39 is 11.7 Å². The van der Waals surface area contributed by atoms with E-state index in [1.807, 2.05) is 0 Å². The van der Waals surface area contributed by atoms with E-state index in [0.29, 0.717) is 11.3 Å². The van der Waals surface area contributed by atoms with Crippen LogP contribution in [-0.2, 0) is 10.7 Å². The molecule has 3 aromatic rings. The number of halogens is 2. The zero-order chi connectivity index (χ0) is 19.9. The Morgan fingerprint density at radius 1 is 1.32 bits per heavy atom. The van der Waals surface area contributed by atoms with E-state index >= 15 is 0 Å². The molecule has 0 aliphatic heterocycles. The first kappa shape index (κ1) is 18.3. The number of hydrogen-bond acceptors (Lipinski definition) is 5. The number of anilines is 1. The van der Waals surface area contributed by atoms with Crippen LogP contribution in [0.2, 0.25) is 0 Å². The quantitative estimate of drug-likeness (QED) is 0.720. The third-order valence-electron chi connectivity index (χ3n) is 4.55. The number of nitrogens with one attached hydrogen (secondary N) is 1. The van der Waals surface area contributed by atoms with Crippen LogP contribution >= 0.6 is 0 Å². The molecular formula is C19H19F2N5O2. The molecular weight excluding hydrogens is 368 g/mol. The highest BCUT2D eigenvalue weighted by Gasteiger charge is 2.31. The van der Waals surface area contributed by atoms with Crippen LogP contribution in [0, 0.1) is 0 Å². The minimum absolute atomic E-state index is 0.00180. The Labute approximate surface area is 159 Å². The molecule has 1 N–H and O–H groups in total. The molecule has 1 aliphatic rings. The number of ether oxygens (including phenoxy) is 1. The fourth-order valence-electron chi connectivity index (χ4n) is 2.93. The first-order valence-electron chi connectivity index (χ1n) is 8.99. The van der Waals surface area contributed by atoms with Crippen molar-refractivity contribution in [3.8, 4) is 11.7 Å². The molecule has 1 fully saturated rings. The van der Waals surface area contributed by atoms with Gasteiger partial charge in [-0.2, -0.15) is 13.8 Å². The maximum atomic E-state index is 14.0. The van der Waals surface area contributed by atoms with Crippen LogP contribution in [0.15, 0.2) is 30.6 Å². The number of rotatable bonds is 5. The molecule has 9 heteroatoms. The molecule has 0 radical (unpaired) electrons. The lowest BCUT2D eigenvalue weighted by molar-refractivity contribution is -0.114. The first-order chi connectivity index (χ1) is 13.3.